The third-order valence-electron chi connectivity index (χ3n) is 3.95. The lowest BCUT2D eigenvalue weighted by Crippen LogP contribution is -2.41. The van der Waals surface area contributed by atoms with Crippen LogP contribution in [-0.2, 0) is 11.3 Å². The van der Waals surface area contributed by atoms with E-state index in [9.17, 15) is 4.79 Å². The highest BCUT2D eigenvalue weighted by molar-refractivity contribution is 6.30. The summed E-state index contributed by atoms with van der Waals surface area (Å²) in [7, 11) is 0. The first-order valence-corrected chi connectivity index (χ1v) is 7.83. The number of hydrogen-bond acceptors (Lipinski definition) is 3. The van der Waals surface area contributed by atoms with Crippen molar-refractivity contribution in [2.45, 2.75) is 25.9 Å². The molecule has 1 atom stereocenters. The summed E-state index contributed by atoms with van der Waals surface area (Å²) >= 11 is 5.90. The van der Waals surface area contributed by atoms with E-state index in [0.717, 1.165) is 30.9 Å². The zero-order valence-corrected chi connectivity index (χ0v) is 13.3. The summed E-state index contributed by atoms with van der Waals surface area (Å²) in [6, 6.07) is 9.42. The lowest BCUT2D eigenvalue weighted by Gasteiger charge is -2.24. The molecular formula is C16H19ClN4O. The maximum Gasteiger partial charge on any atom is 0.237 e. The quantitative estimate of drug-likeness (QED) is 0.944. The third kappa shape index (κ3) is 3.31. The van der Waals surface area contributed by atoms with Crippen molar-refractivity contribution in [3.63, 3.8) is 0 Å². The molecule has 1 fully saturated rings. The first-order chi connectivity index (χ1) is 10.6. The number of halogens is 1. The number of nitrogens with one attached hydrogen (secondary N) is 1. The fourth-order valence-electron chi connectivity index (χ4n) is 2.61. The molecule has 1 aliphatic rings. The predicted octanol–water partition coefficient (Wildman–Crippen LogP) is 2.24. The summed E-state index contributed by atoms with van der Waals surface area (Å²) in [4.78, 5) is 14.0. The van der Waals surface area contributed by atoms with Crippen LogP contribution in [0.2, 0.25) is 5.02 Å². The van der Waals surface area contributed by atoms with Crippen molar-refractivity contribution in [2.24, 2.45) is 0 Å². The number of nitrogens with zero attached hydrogens (tertiary/aromatic N) is 3. The molecule has 0 radical (unpaired) electrons. The van der Waals surface area contributed by atoms with Crippen molar-refractivity contribution in [3.8, 4) is 5.69 Å². The maximum atomic E-state index is 11.9. The van der Waals surface area contributed by atoms with Crippen LogP contribution in [0, 0.1) is 0 Å². The van der Waals surface area contributed by atoms with Crippen LogP contribution < -0.4 is 5.32 Å². The molecular weight excluding hydrogens is 300 g/mol. The molecule has 0 spiro atoms. The van der Waals surface area contributed by atoms with Crippen molar-refractivity contribution >= 4 is 17.5 Å². The van der Waals surface area contributed by atoms with E-state index in [0.29, 0.717) is 11.6 Å². The van der Waals surface area contributed by atoms with Gasteiger partial charge in [0.15, 0.2) is 0 Å². The van der Waals surface area contributed by atoms with Crippen LogP contribution in [0.4, 0.5) is 0 Å². The maximum absolute atomic E-state index is 11.9. The predicted molar refractivity (Wildman–Crippen MR) is 86.1 cm³/mol. The van der Waals surface area contributed by atoms with Crippen molar-refractivity contribution < 1.29 is 4.79 Å². The largest absolute Gasteiger partial charge is 0.355 e. The number of rotatable bonds is 3. The van der Waals surface area contributed by atoms with Crippen LogP contribution in [0.25, 0.3) is 5.69 Å². The van der Waals surface area contributed by atoms with E-state index in [-0.39, 0.29) is 11.9 Å². The Bertz CT molecular complexity index is 652. The molecule has 2 heterocycles. The molecule has 0 bridgehead atoms. The second kappa shape index (κ2) is 6.50. The van der Waals surface area contributed by atoms with Crippen LogP contribution in [0.3, 0.4) is 0 Å². The van der Waals surface area contributed by atoms with Crippen molar-refractivity contribution in [2.75, 3.05) is 13.1 Å². The van der Waals surface area contributed by atoms with Gasteiger partial charge in [0.05, 0.1) is 17.4 Å². The Labute approximate surface area is 134 Å². The van der Waals surface area contributed by atoms with E-state index in [1.54, 1.807) is 0 Å². The molecule has 1 aromatic carbocycles. The Kier molecular flexibility index (Phi) is 4.45. The minimum atomic E-state index is -0.122. The number of hydrogen-bond donors (Lipinski definition) is 1. The summed E-state index contributed by atoms with van der Waals surface area (Å²) < 4.78 is 1.83. The molecule has 1 aliphatic heterocycles. The van der Waals surface area contributed by atoms with E-state index < -0.39 is 0 Å². The van der Waals surface area contributed by atoms with Gasteiger partial charge in [-0.1, -0.05) is 11.6 Å². The summed E-state index contributed by atoms with van der Waals surface area (Å²) in [5.41, 5.74) is 1.92. The van der Waals surface area contributed by atoms with Gasteiger partial charge in [0, 0.05) is 30.9 Å². The molecule has 116 valence electrons. The molecule has 1 aromatic heterocycles. The second-order valence-corrected chi connectivity index (χ2v) is 5.96. The van der Waals surface area contributed by atoms with E-state index in [2.05, 4.69) is 15.3 Å². The summed E-state index contributed by atoms with van der Waals surface area (Å²) in [6.45, 7) is 4.26. The molecule has 22 heavy (non-hydrogen) atoms. The van der Waals surface area contributed by atoms with Crippen molar-refractivity contribution in [3.05, 3.63) is 47.2 Å². The van der Waals surface area contributed by atoms with Crippen LogP contribution in [0.1, 0.15) is 19.0 Å². The number of carbonyl (C=O) groups excluding carboxylic acids is 1. The second-order valence-electron chi connectivity index (χ2n) is 5.52. The zero-order valence-electron chi connectivity index (χ0n) is 12.5. The van der Waals surface area contributed by atoms with Gasteiger partial charge in [0.25, 0.3) is 0 Å². The smallest absolute Gasteiger partial charge is 0.237 e. The molecule has 6 heteroatoms. The number of benzene rings is 1. The van der Waals surface area contributed by atoms with Gasteiger partial charge in [-0.2, -0.15) is 5.10 Å². The van der Waals surface area contributed by atoms with E-state index in [1.807, 2.05) is 48.1 Å². The highest BCUT2D eigenvalue weighted by Crippen LogP contribution is 2.15. The average molecular weight is 319 g/mol. The van der Waals surface area contributed by atoms with Crippen LogP contribution in [0.15, 0.2) is 36.5 Å². The monoisotopic (exact) mass is 318 g/mol. The molecule has 3 rings (SSSR count). The molecule has 1 unspecified atom stereocenters. The minimum Gasteiger partial charge on any atom is -0.355 e. The Balaban J connectivity index is 1.73. The Hall–Kier alpha value is -1.85. The Morgan fingerprint density at radius 2 is 2.09 bits per heavy atom. The van der Waals surface area contributed by atoms with E-state index in [1.165, 1.54) is 0 Å². The third-order valence-corrected chi connectivity index (χ3v) is 4.20. The Morgan fingerprint density at radius 1 is 1.32 bits per heavy atom. The summed E-state index contributed by atoms with van der Waals surface area (Å²) in [5, 5.41) is 8.23. The normalized spacial score (nSPS) is 19.7. The van der Waals surface area contributed by atoms with Gasteiger partial charge in [-0.3, -0.25) is 9.69 Å². The topological polar surface area (TPSA) is 50.2 Å². The fourth-order valence-corrected chi connectivity index (χ4v) is 2.73. The Morgan fingerprint density at radius 3 is 2.86 bits per heavy atom. The molecule has 0 aliphatic carbocycles. The van der Waals surface area contributed by atoms with Crippen LogP contribution >= 0.6 is 11.6 Å². The first-order valence-electron chi connectivity index (χ1n) is 7.46. The number of carbonyl (C=O) groups is 1. The zero-order chi connectivity index (χ0) is 15.5. The van der Waals surface area contributed by atoms with Gasteiger partial charge in [-0.05, 0) is 43.7 Å². The first kappa shape index (κ1) is 15.1. The number of aromatic nitrogens is 2. The lowest BCUT2D eigenvalue weighted by atomic mass is 10.2. The highest BCUT2D eigenvalue weighted by atomic mass is 35.5. The standard InChI is InChI=1S/C16H19ClN4O/c1-12-16(22)18-8-2-9-20(12)11-14-7-10-21(19-14)15-5-3-13(17)4-6-15/h3-7,10,12H,2,8-9,11H2,1H3,(H,18,22). The van der Waals surface area contributed by atoms with Gasteiger partial charge in [-0.15, -0.1) is 0 Å². The summed E-state index contributed by atoms with van der Waals surface area (Å²) in [5.74, 6) is 0.0923. The highest BCUT2D eigenvalue weighted by Gasteiger charge is 2.24. The molecule has 0 saturated carbocycles. The lowest BCUT2D eigenvalue weighted by molar-refractivity contribution is -0.125. The van der Waals surface area contributed by atoms with Gasteiger partial charge < -0.3 is 5.32 Å². The average Bonchev–Trinajstić information content (AvgIpc) is 2.92. The van der Waals surface area contributed by atoms with E-state index >= 15 is 0 Å². The fraction of sp³-hybridized carbons (Fsp3) is 0.375. The van der Waals surface area contributed by atoms with Crippen LogP contribution in [-0.4, -0.2) is 39.7 Å². The SMILES string of the molecule is CC1C(=O)NCCCN1Cc1ccn(-c2ccc(Cl)cc2)n1. The summed E-state index contributed by atoms with van der Waals surface area (Å²) in [6.07, 6.45) is 2.90. The van der Waals surface area contributed by atoms with Gasteiger partial charge in [0.1, 0.15) is 0 Å². The van der Waals surface area contributed by atoms with Crippen molar-refractivity contribution in [1.29, 1.82) is 0 Å². The van der Waals surface area contributed by atoms with Crippen molar-refractivity contribution in [1.82, 2.24) is 20.0 Å². The van der Waals surface area contributed by atoms with E-state index in [4.69, 9.17) is 11.6 Å². The number of amides is 1. The molecule has 1 saturated heterocycles. The van der Waals surface area contributed by atoms with Gasteiger partial charge >= 0.3 is 0 Å². The molecule has 5 nitrogen and oxygen atoms in total. The molecule has 2 aromatic rings. The van der Waals surface area contributed by atoms with Crippen LogP contribution in [0.5, 0.6) is 0 Å². The minimum absolute atomic E-state index is 0.0923. The van der Waals surface area contributed by atoms with Gasteiger partial charge in [-0.25, -0.2) is 4.68 Å². The van der Waals surface area contributed by atoms with Gasteiger partial charge in [0.2, 0.25) is 5.91 Å². The molecule has 1 N–H and O–H groups in total. The molecule has 1 amide bonds.